The molecule has 17 heavy (non-hydrogen) atoms. The van der Waals surface area contributed by atoms with Gasteiger partial charge < -0.3 is 9.84 Å². The maximum atomic E-state index is 11.4. The maximum Gasteiger partial charge on any atom is 0.308 e. The third kappa shape index (κ3) is 5.00. The Hall–Kier alpha value is -1.35. The lowest BCUT2D eigenvalue weighted by molar-refractivity contribution is -0.146. The number of aliphatic hydroxyl groups excluding tert-OH is 1. The summed E-state index contributed by atoms with van der Waals surface area (Å²) in [6.45, 7) is 0.0328. The normalized spacial score (nSPS) is 12.1. The Bertz CT molecular complexity index is 321. The SMILES string of the molecule is COC(=O)C(CCO)CCCc1ccccc1. The molecule has 0 aliphatic rings. The van der Waals surface area contributed by atoms with Crippen molar-refractivity contribution in [2.45, 2.75) is 25.7 Å². The molecule has 0 aliphatic carbocycles. The van der Waals surface area contributed by atoms with E-state index in [9.17, 15) is 4.79 Å². The van der Waals surface area contributed by atoms with Gasteiger partial charge in [-0.15, -0.1) is 0 Å². The van der Waals surface area contributed by atoms with Gasteiger partial charge >= 0.3 is 5.97 Å². The molecular formula is C14H20O3. The maximum absolute atomic E-state index is 11.4. The van der Waals surface area contributed by atoms with E-state index in [0.29, 0.717) is 6.42 Å². The van der Waals surface area contributed by atoms with E-state index in [1.165, 1.54) is 12.7 Å². The highest BCUT2D eigenvalue weighted by molar-refractivity contribution is 5.72. The van der Waals surface area contributed by atoms with E-state index in [1.54, 1.807) is 0 Å². The van der Waals surface area contributed by atoms with Gasteiger partial charge in [0, 0.05) is 6.61 Å². The fourth-order valence-electron chi connectivity index (χ4n) is 1.90. The van der Waals surface area contributed by atoms with Gasteiger partial charge in [0.1, 0.15) is 0 Å². The van der Waals surface area contributed by atoms with E-state index in [4.69, 9.17) is 9.84 Å². The largest absolute Gasteiger partial charge is 0.469 e. The zero-order valence-corrected chi connectivity index (χ0v) is 10.3. The number of carbonyl (C=O) groups is 1. The van der Waals surface area contributed by atoms with Gasteiger partial charge in [0.15, 0.2) is 0 Å². The Kier molecular flexibility index (Phi) is 6.33. The summed E-state index contributed by atoms with van der Waals surface area (Å²) in [5.74, 6) is -0.388. The van der Waals surface area contributed by atoms with Crippen LogP contribution in [-0.4, -0.2) is 24.8 Å². The highest BCUT2D eigenvalue weighted by Crippen LogP contribution is 2.15. The van der Waals surface area contributed by atoms with Crippen LogP contribution in [0.2, 0.25) is 0 Å². The molecule has 0 aromatic heterocycles. The Morgan fingerprint density at radius 1 is 1.29 bits per heavy atom. The van der Waals surface area contributed by atoms with Crippen molar-refractivity contribution >= 4 is 5.97 Å². The Balaban J connectivity index is 2.34. The Labute approximate surface area is 102 Å². The molecule has 0 saturated heterocycles. The zero-order chi connectivity index (χ0) is 12.5. The summed E-state index contributed by atoms with van der Waals surface area (Å²) in [6.07, 6.45) is 3.15. The lowest BCUT2D eigenvalue weighted by Crippen LogP contribution is -2.17. The first-order chi connectivity index (χ1) is 8.27. The van der Waals surface area contributed by atoms with Crippen LogP contribution >= 0.6 is 0 Å². The van der Waals surface area contributed by atoms with Crippen molar-refractivity contribution in [1.29, 1.82) is 0 Å². The average Bonchev–Trinajstić information content (AvgIpc) is 2.38. The van der Waals surface area contributed by atoms with Gasteiger partial charge in [-0.1, -0.05) is 30.3 Å². The number of aryl methyl sites for hydroxylation is 1. The zero-order valence-electron chi connectivity index (χ0n) is 10.3. The van der Waals surface area contributed by atoms with Crippen molar-refractivity contribution < 1.29 is 14.6 Å². The molecule has 1 unspecified atom stereocenters. The molecule has 1 aromatic rings. The third-order valence-corrected chi connectivity index (χ3v) is 2.87. The van der Waals surface area contributed by atoms with Crippen molar-refractivity contribution in [1.82, 2.24) is 0 Å². The number of benzene rings is 1. The third-order valence-electron chi connectivity index (χ3n) is 2.87. The van der Waals surface area contributed by atoms with Crippen LogP contribution in [0.5, 0.6) is 0 Å². The van der Waals surface area contributed by atoms with E-state index >= 15 is 0 Å². The molecular weight excluding hydrogens is 216 g/mol. The minimum atomic E-state index is -0.216. The van der Waals surface area contributed by atoms with Crippen molar-refractivity contribution in [3.05, 3.63) is 35.9 Å². The first-order valence-electron chi connectivity index (χ1n) is 6.00. The van der Waals surface area contributed by atoms with Crippen LogP contribution in [0.25, 0.3) is 0 Å². The number of methoxy groups -OCH3 is 1. The molecule has 0 fully saturated rings. The van der Waals surface area contributed by atoms with E-state index in [2.05, 4.69) is 12.1 Å². The molecule has 0 radical (unpaired) electrons. The minimum Gasteiger partial charge on any atom is -0.469 e. The number of rotatable bonds is 7. The second kappa shape index (κ2) is 7.85. The van der Waals surface area contributed by atoms with Gasteiger partial charge in [-0.2, -0.15) is 0 Å². The van der Waals surface area contributed by atoms with Crippen molar-refractivity contribution in [3.8, 4) is 0 Å². The molecule has 0 saturated carbocycles. The molecule has 0 amide bonds. The fourth-order valence-corrected chi connectivity index (χ4v) is 1.90. The van der Waals surface area contributed by atoms with E-state index < -0.39 is 0 Å². The van der Waals surface area contributed by atoms with Crippen molar-refractivity contribution in [3.63, 3.8) is 0 Å². The first kappa shape index (κ1) is 13.7. The monoisotopic (exact) mass is 236 g/mol. The number of hydrogen-bond acceptors (Lipinski definition) is 3. The molecule has 0 spiro atoms. The summed E-state index contributed by atoms with van der Waals surface area (Å²) < 4.78 is 4.72. The van der Waals surface area contributed by atoms with Crippen LogP contribution in [0, 0.1) is 5.92 Å². The van der Waals surface area contributed by atoms with Crippen LogP contribution in [0.1, 0.15) is 24.8 Å². The lowest BCUT2D eigenvalue weighted by Gasteiger charge is -2.12. The Morgan fingerprint density at radius 3 is 2.59 bits per heavy atom. The van der Waals surface area contributed by atoms with Gasteiger partial charge in [-0.25, -0.2) is 0 Å². The summed E-state index contributed by atoms with van der Waals surface area (Å²) in [5.41, 5.74) is 1.28. The highest BCUT2D eigenvalue weighted by Gasteiger charge is 2.17. The van der Waals surface area contributed by atoms with E-state index in [0.717, 1.165) is 19.3 Å². The van der Waals surface area contributed by atoms with Gasteiger partial charge in [-0.3, -0.25) is 4.79 Å². The summed E-state index contributed by atoms with van der Waals surface area (Å²) in [4.78, 5) is 11.4. The first-order valence-corrected chi connectivity index (χ1v) is 6.00. The molecule has 3 nitrogen and oxygen atoms in total. The number of hydrogen-bond donors (Lipinski definition) is 1. The lowest BCUT2D eigenvalue weighted by atomic mass is 9.97. The molecule has 1 aromatic carbocycles. The number of ether oxygens (including phenoxy) is 1. The molecule has 1 atom stereocenters. The van der Waals surface area contributed by atoms with Crippen LogP contribution in [0.4, 0.5) is 0 Å². The summed E-state index contributed by atoms with van der Waals surface area (Å²) in [7, 11) is 1.39. The average molecular weight is 236 g/mol. The van der Waals surface area contributed by atoms with Gasteiger partial charge in [0.25, 0.3) is 0 Å². The smallest absolute Gasteiger partial charge is 0.308 e. The molecule has 0 heterocycles. The fraction of sp³-hybridized carbons (Fsp3) is 0.500. The van der Waals surface area contributed by atoms with Crippen molar-refractivity contribution in [2.24, 2.45) is 5.92 Å². The minimum absolute atomic E-state index is 0.0328. The number of aliphatic hydroxyl groups is 1. The van der Waals surface area contributed by atoms with E-state index in [1.807, 2.05) is 18.2 Å². The summed E-state index contributed by atoms with van der Waals surface area (Å²) in [5, 5.41) is 8.89. The molecule has 3 heteroatoms. The highest BCUT2D eigenvalue weighted by atomic mass is 16.5. The van der Waals surface area contributed by atoms with Crippen LogP contribution in [0.15, 0.2) is 30.3 Å². The topological polar surface area (TPSA) is 46.5 Å². The summed E-state index contributed by atoms with van der Waals surface area (Å²) in [6, 6.07) is 10.2. The molecule has 0 aliphatic heterocycles. The van der Waals surface area contributed by atoms with Crippen LogP contribution in [-0.2, 0) is 16.0 Å². The van der Waals surface area contributed by atoms with Gasteiger partial charge in [0.05, 0.1) is 13.0 Å². The van der Waals surface area contributed by atoms with Gasteiger partial charge in [0.2, 0.25) is 0 Å². The predicted octanol–water partition coefficient (Wildman–Crippen LogP) is 2.18. The molecule has 1 rings (SSSR count). The van der Waals surface area contributed by atoms with E-state index in [-0.39, 0.29) is 18.5 Å². The second-order valence-electron chi connectivity index (χ2n) is 4.11. The number of esters is 1. The quantitative estimate of drug-likeness (QED) is 0.738. The second-order valence-corrected chi connectivity index (χ2v) is 4.11. The standard InChI is InChI=1S/C14H20O3/c1-17-14(16)13(10-11-15)9-5-8-12-6-3-2-4-7-12/h2-4,6-7,13,15H,5,8-11H2,1H3. The van der Waals surface area contributed by atoms with Crippen molar-refractivity contribution in [2.75, 3.05) is 13.7 Å². The predicted molar refractivity (Wildman–Crippen MR) is 66.6 cm³/mol. The summed E-state index contributed by atoms with van der Waals surface area (Å²) >= 11 is 0. The molecule has 1 N–H and O–H groups in total. The molecule has 0 bridgehead atoms. The Morgan fingerprint density at radius 2 is 2.00 bits per heavy atom. The number of carbonyl (C=O) groups excluding carboxylic acids is 1. The molecule has 94 valence electrons. The van der Waals surface area contributed by atoms with Gasteiger partial charge in [-0.05, 0) is 31.2 Å². The van der Waals surface area contributed by atoms with Crippen LogP contribution in [0.3, 0.4) is 0 Å². The van der Waals surface area contributed by atoms with Crippen LogP contribution < -0.4 is 0 Å².